The maximum absolute atomic E-state index is 10.5. The predicted octanol–water partition coefficient (Wildman–Crippen LogP) is 2.40. The van der Waals surface area contributed by atoms with Crippen molar-refractivity contribution in [3.8, 4) is 5.75 Å². The molecule has 26 heavy (non-hydrogen) atoms. The van der Waals surface area contributed by atoms with Gasteiger partial charge >= 0.3 is 0 Å². The zero-order valence-electron chi connectivity index (χ0n) is 14.6. The molecule has 0 aliphatic carbocycles. The van der Waals surface area contributed by atoms with Crippen LogP contribution in [0.4, 0.5) is 0 Å². The van der Waals surface area contributed by atoms with E-state index in [1.807, 2.05) is 48.5 Å². The van der Waals surface area contributed by atoms with Crippen molar-refractivity contribution >= 4 is 37.2 Å². The predicted molar refractivity (Wildman–Crippen MR) is 114 cm³/mol. The average Bonchev–Trinajstić information content (AvgIpc) is 2.56. The number of hydrazine groups is 1. The number of halogens is 3. The highest BCUT2D eigenvalue weighted by Crippen LogP contribution is 2.22. The van der Waals surface area contributed by atoms with Crippen LogP contribution in [-0.4, -0.2) is 24.4 Å². The Morgan fingerprint density at radius 3 is 2.23 bits per heavy atom. The summed E-state index contributed by atoms with van der Waals surface area (Å²) in [5.41, 5.74) is 11.9. The molecule has 0 saturated carbocycles. The van der Waals surface area contributed by atoms with Crippen LogP contribution in [0.2, 0.25) is 0 Å². The zero-order chi connectivity index (χ0) is 16.7. The van der Waals surface area contributed by atoms with Crippen LogP contribution >= 0.6 is 37.2 Å². The molecule has 2 aromatic carbocycles. The number of aliphatic hydroxyl groups excluding tert-OH is 1. The van der Waals surface area contributed by atoms with Crippen molar-refractivity contribution in [3.05, 3.63) is 65.2 Å². The van der Waals surface area contributed by atoms with E-state index < -0.39 is 6.10 Å². The van der Waals surface area contributed by atoms with E-state index in [0.29, 0.717) is 19.4 Å². The summed E-state index contributed by atoms with van der Waals surface area (Å²) in [6.07, 6.45) is 0.425. The molecule has 0 saturated heterocycles. The van der Waals surface area contributed by atoms with Gasteiger partial charge in [-0.2, -0.15) is 0 Å². The van der Waals surface area contributed by atoms with Crippen molar-refractivity contribution in [2.75, 3.05) is 7.11 Å². The summed E-state index contributed by atoms with van der Waals surface area (Å²) >= 11 is 0. The van der Waals surface area contributed by atoms with Gasteiger partial charge in [0.25, 0.3) is 0 Å². The molecule has 0 aliphatic heterocycles. The topological polar surface area (TPSA) is 93.5 Å². The summed E-state index contributed by atoms with van der Waals surface area (Å²) in [5, 5.41) is 10.5. The SMILES string of the molecule is COc1ccc(CNN)cc1C[C@H](O)[C@@H](N)Cc1ccccc1.Cl.Cl.Cl. The molecule has 2 aromatic rings. The van der Waals surface area contributed by atoms with Crippen LogP contribution < -0.4 is 21.7 Å². The number of nitrogens with one attached hydrogen (secondary N) is 1. The van der Waals surface area contributed by atoms with E-state index in [0.717, 1.165) is 22.4 Å². The smallest absolute Gasteiger partial charge is 0.122 e. The van der Waals surface area contributed by atoms with Crippen LogP contribution in [0, 0.1) is 0 Å². The second kappa shape index (κ2) is 14.1. The maximum atomic E-state index is 10.5. The lowest BCUT2D eigenvalue weighted by molar-refractivity contribution is 0.143. The molecule has 0 heterocycles. The molecule has 0 aromatic heterocycles. The van der Waals surface area contributed by atoms with Gasteiger partial charge in [0.2, 0.25) is 0 Å². The third-order valence-corrected chi connectivity index (χ3v) is 3.89. The lowest BCUT2D eigenvalue weighted by atomic mass is 9.96. The first-order chi connectivity index (χ1) is 11.1. The molecule has 0 amide bonds. The largest absolute Gasteiger partial charge is 0.496 e. The van der Waals surface area contributed by atoms with Gasteiger partial charge in [0.05, 0.1) is 13.2 Å². The molecule has 0 spiro atoms. The van der Waals surface area contributed by atoms with E-state index in [9.17, 15) is 5.11 Å². The molecule has 0 aliphatic rings. The lowest BCUT2D eigenvalue weighted by Gasteiger charge is -2.20. The minimum Gasteiger partial charge on any atom is -0.496 e. The second-order valence-electron chi connectivity index (χ2n) is 5.65. The normalized spacial score (nSPS) is 12.0. The van der Waals surface area contributed by atoms with E-state index in [-0.39, 0.29) is 43.3 Å². The van der Waals surface area contributed by atoms with Gasteiger partial charge in [-0.15, -0.1) is 37.2 Å². The van der Waals surface area contributed by atoms with Gasteiger partial charge in [0, 0.05) is 19.0 Å². The highest BCUT2D eigenvalue weighted by molar-refractivity contribution is 5.86. The van der Waals surface area contributed by atoms with Crippen molar-refractivity contribution in [2.45, 2.75) is 31.5 Å². The molecule has 8 heteroatoms. The first kappa shape index (κ1) is 27.2. The van der Waals surface area contributed by atoms with Crippen LogP contribution in [0.3, 0.4) is 0 Å². The van der Waals surface area contributed by atoms with Crippen molar-refractivity contribution in [1.29, 1.82) is 0 Å². The minimum atomic E-state index is -0.648. The molecule has 2 rings (SSSR count). The second-order valence-corrected chi connectivity index (χ2v) is 5.65. The van der Waals surface area contributed by atoms with Gasteiger partial charge in [-0.25, -0.2) is 0 Å². The van der Waals surface area contributed by atoms with Crippen LogP contribution in [0.5, 0.6) is 5.75 Å². The molecule has 0 bridgehead atoms. The highest BCUT2D eigenvalue weighted by atomic mass is 35.5. The van der Waals surface area contributed by atoms with Crippen molar-refractivity contribution in [1.82, 2.24) is 5.43 Å². The Balaban J connectivity index is 0. The van der Waals surface area contributed by atoms with Crippen LogP contribution in [0.25, 0.3) is 0 Å². The molecule has 6 N–H and O–H groups in total. The van der Waals surface area contributed by atoms with E-state index in [4.69, 9.17) is 16.3 Å². The lowest BCUT2D eigenvalue weighted by Crippen LogP contribution is -2.38. The molecule has 148 valence electrons. The fourth-order valence-electron chi connectivity index (χ4n) is 2.62. The molecule has 0 fully saturated rings. The summed E-state index contributed by atoms with van der Waals surface area (Å²) in [5.74, 6) is 6.11. The van der Waals surface area contributed by atoms with Crippen molar-refractivity contribution < 1.29 is 9.84 Å². The molecule has 5 nitrogen and oxygen atoms in total. The van der Waals surface area contributed by atoms with Gasteiger partial charge in [-0.05, 0) is 29.2 Å². The number of benzene rings is 2. The summed E-state index contributed by atoms with van der Waals surface area (Å²) in [6.45, 7) is 0.559. The van der Waals surface area contributed by atoms with E-state index in [2.05, 4.69) is 5.43 Å². The van der Waals surface area contributed by atoms with Crippen molar-refractivity contribution in [2.24, 2.45) is 11.6 Å². The maximum Gasteiger partial charge on any atom is 0.122 e. The van der Waals surface area contributed by atoms with E-state index in [1.165, 1.54) is 0 Å². The standard InChI is InChI=1S/C18H25N3O2.3ClH/c1-23-18-8-7-14(12-21-20)9-15(18)11-17(22)16(19)10-13-5-3-2-4-6-13;;;/h2-9,16-17,21-22H,10-12,19-20H2,1H3;3*1H/t16-,17-;;;/m0.../s1. The molecule has 0 radical (unpaired) electrons. The van der Waals surface area contributed by atoms with Crippen LogP contribution in [0.15, 0.2) is 48.5 Å². The Labute approximate surface area is 173 Å². The summed E-state index contributed by atoms with van der Waals surface area (Å²) in [4.78, 5) is 0. The summed E-state index contributed by atoms with van der Waals surface area (Å²) < 4.78 is 5.37. The fourth-order valence-corrected chi connectivity index (χ4v) is 2.62. The average molecular weight is 425 g/mol. The van der Waals surface area contributed by atoms with Gasteiger partial charge < -0.3 is 15.6 Å². The Hall–Kier alpha value is -1.05. The fraction of sp³-hybridized carbons (Fsp3) is 0.333. The first-order valence-corrected chi connectivity index (χ1v) is 7.71. The van der Waals surface area contributed by atoms with Crippen molar-refractivity contribution in [3.63, 3.8) is 0 Å². The zero-order valence-corrected chi connectivity index (χ0v) is 17.1. The molecule has 2 atom stereocenters. The number of rotatable bonds is 8. The van der Waals surface area contributed by atoms with Crippen LogP contribution in [-0.2, 0) is 19.4 Å². The highest BCUT2D eigenvalue weighted by Gasteiger charge is 2.18. The Morgan fingerprint density at radius 2 is 1.65 bits per heavy atom. The number of hydrogen-bond acceptors (Lipinski definition) is 5. The summed E-state index contributed by atoms with van der Waals surface area (Å²) in [7, 11) is 1.62. The Kier molecular flexibility index (Phi) is 14.7. The number of methoxy groups -OCH3 is 1. The van der Waals surface area contributed by atoms with Gasteiger partial charge in [0.15, 0.2) is 0 Å². The number of hydrogen-bond donors (Lipinski definition) is 4. The number of nitrogens with two attached hydrogens (primary N) is 2. The monoisotopic (exact) mass is 423 g/mol. The third kappa shape index (κ3) is 8.10. The van der Waals surface area contributed by atoms with Crippen LogP contribution in [0.1, 0.15) is 16.7 Å². The quantitative estimate of drug-likeness (QED) is 0.386. The molecular formula is C18H28Cl3N3O2. The van der Waals surface area contributed by atoms with Gasteiger partial charge in [-0.1, -0.05) is 42.5 Å². The molecule has 0 unspecified atom stereocenters. The van der Waals surface area contributed by atoms with E-state index >= 15 is 0 Å². The molecular weight excluding hydrogens is 397 g/mol. The first-order valence-electron chi connectivity index (χ1n) is 7.71. The van der Waals surface area contributed by atoms with Gasteiger partial charge in [-0.3, -0.25) is 11.3 Å². The Morgan fingerprint density at radius 1 is 1.00 bits per heavy atom. The van der Waals surface area contributed by atoms with Gasteiger partial charge in [0.1, 0.15) is 5.75 Å². The minimum absolute atomic E-state index is 0. The van der Waals surface area contributed by atoms with E-state index in [1.54, 1.807) is 7.11 Å². The number of aliphatic hydroxyl groups is 1. The number of ether oxygens (including phenoxy) is 1. The third-order valence-electron chi connectivity index (χ3n) is 3.89. The Bertz CT molecular complexity index is 618. The summed E-state index contributed by atoms with van der Waals surface area (Å²) in [6, 6.07) is 15.4.